The Bertz CT molecular complexity index is 398. The van der Waals surface area contributed by atoms with E-state index in [9.17, 15) is 5.11 Å². The van der Waals surface area contributed by atoms with Gasteiger partial charge >= 0.3 is 0 Å². The van der Waals surface area contributed by atoms with Crippen LogP contribution < -0.4 is 10.6 Å². The maximum atomic E-state index is 9.31. The molecule has 3 N–H and O–H groups in total. The second-order valence-electron chi connectivity index (χ2n) is 4.33. The summed E-state index contributed by atoms with van der Waals surface area (Å²) in [5.74, 6) is 2.36. The van der Waals surface area contributed by atoms with Crippen LogP contribution in [-0.4, -0.2) is 48.0 Å². The summed E-state index contributed by atoms with van der Waals surface area (Å²) in [5, 5.41) is 15.7. The third-order valence-corrected chi connectivity index (χ3v) is 2.78. The molecule has 0 aliphatic rings. The normalized spacial score (nSPS) is 12.3. The Kier molecular flexibility index (Phi) is 6.52. The molecular formula is C13H24N4O2. The van der Waals surface area contributed by atoms with Gasteiger partial charge in [0.25, 0.3) is 0 Å². The van der Waals surface area contributed by atoms with Crippen LogP contribution in [0.3, 0.4) is 0 Å². The molecule has 1 rings (SSSR count). The number of nitrogens with one attached hydrogen (secondary N) is 2. The van der Waals surface area contributed by atoms with Crippen molar-refractivity contribution in [1.29, 1.82) is 0 Å². The molecule has 1 aromatic heterocycles. The Morgan fingerprint density at radius 2 is 1.95 bits per heavy atom. The van der Waals surface area contributed by atoms with E-state index in [0.29, 0.717) is 6.61 Å². The first-order chi connectivity index (χ1) is 9.15. The molecule has 0 bridgehead atoms. The SMILES string of the molecule is CCNc1nc(CC)nc(NC(CO)COC)c1C. The lowest BCUT2D eigenvalue weighted by molar-refractivity contribution is 0.153. The van der Waals surface area contributed by atoms with Gasteiger partial charge in [-0.25, -0.2) is 9.97 Å². The first kappa shape index (κ1) is 15.7. The highest BCUT2D eigenvalue weighted by atomic mass is 16.5. The lowest BCUT2D eigenvalue weighted by Gasteiger charge is -2.19. The number of hydrogen-bond donors (Lipinski definition) is 3. The summed E-state index contributed by atoms with van der Waals surface area (Å²) in [6, 6.07) is -0.169. The van der Waals surface area contributed by atoms with Crippen LogP contribution in [0.5, 0.6) is 0 Å². The van der Waals surface area contributed by atoms with Crippen LogP contribution in [0.25, 0.3) is 0 Å². The van der Waals surface area contributed by atoms with Gasteiger partial charge < -0.3 is 20.5 Å². The molecule has 0 fully saturated rings. The lowest BCUT2D eigenvalue weighted by Crippen LogP contribution is -2.30. The van der Waals surface area contributed by atoms with Gasteiger partial charge in [-0.3, -0.25) is 0 Å². The van der Waals surface area contributed by atoms with E-state index in [2.05, 4.69) is 20.6 Å². The maximum Gasteiger partial charge on any atom is 0.135 e. The van der Waals surface area contributed by atoms with Crippen LogP contribution in [0.15, 0.2) is 0 Å². The number of aromatic nitrogens is 2. The van der Waals surface area contributed by atoms with Crippen LogP contribution in [0, 0.1) is 6.92 Å². The Morgan fingerprint density at radius 3 is 2.47 bits per heavy atom. The second kappa shape index (κ2) is 7.91. The van der Waals surface area contributed by atoms with Crippen molar-refractivity contribution in [3.05, 3.63) is 11.4 Å². The van der Waals surface area contributed by atoms with Crippen LogP contribution in [-0.2, 0) is 11.2 Å². The van der Waals surface area contributed by atoms with Gasteiger partial charge in [-0.05, 0) is 13.8 Å². The minimum absolute atomic E-state index is 0.00468. The van der Waals surface area contributed by atoms with Crippen LogP contribution in [0.2, 0.25) is 0 Å². The molecule has 1 unspecified atom stereocenters. The van der Waals surface area contributed by atoms with Crippen molar-refractivity contribution in [2.75, 3.05) is 37.5 Å². The van der Waals surface area contributed by atoms with Crippen molar-refractivity contribution in [2.24, 2.45) is 0 Å². The average molecular weight is 268 g/mol. The van der Waals surface area contributed by atoms with Crippen molar-refractivity contribution in [3.8, 4) is 0 Å². The van der Waals surface area contributed by atoms with E-state index in [4.69, 9.17) is 4.74 Å². The quantitative estimate of drug-likeness (QED) is 0.657. The molecule has 6 heteroatoms. The van der Waals surface area contributed by atoms with Gasteiger partial charge in [0, 0.05) is 25.6 Å². The molecule has 1 aromatic rings. The summed E-state index contributed by atoms with van der Waals surface area (Å²) in [6.07, 6.45) is 0.765. The monoisotopic (exact) mass is 268 g/mol. The molecular weight excluding hydrogens is 244 g/mol. The summed E-state index contributed by atoms with van der Waals surface area (Å²) in [4.78, 5) is 8.94. The average Bonchev–Trinajstić information content (AvgIpc) is 2.42. The van der Waals surface area contributed by atoms with E-state index in [0.717, 1.165) is 36.0 Å². The topological polar surface area (TPSA) is 79.3 Å². The number of aliphatic hydroxyl groups is 1. The van der Waals surface area contributed by atoms with E-state index in [-0.39, 0.29) is 12.6 Å². The van der Waals surface area contributed by atoms with Gasteiger partial charge in [-0.2, -0.15) is 0 Å². The zero-order chi connectivity index (χ0) is 14.3. The number of ether oxygens (including phenoxy) is 1. The minimum atomic E-state index is -0.169. The van der Waals surface area contributed by atoms with E-state index in [1.807, 2.05) is 20.8 Å². The van der Waals surface area contributed by atoms with Crippen LogP contribution in [0.1, 0.15) is 25.2 Å². The molecule has 0 aromatic carbocycles. The van der Waals surface area contributed by atoms with Gasteiger partial charge in [-0.15, -0.1) is 0 Å². The molecule has 19 heavy (non-hydrogen) atoms. The van der Waals surface area contributed by atoms with Crippen molar-refractivity contribution in [3.63, 3.8) is 0 Å². The summed E-state index contributed by atoms with van der Waals surface area (Å²) in [5.41, 5.74) is 0.952. The zero-order valence-electron chi connectivity index (χ0n) is 12.2. The molecule has 0 aliphatic heterocycles. The van der Waals surface area contributed by atoms with Crippen molar-refractivity contribution < 1.29 is 9.84 Å². The highest BCUT2D eigenvalue weighted by molar-refractivity contribution is 5.57. The third-order valence-electron chi connectivity index (χ3n) is 2.78. The Hall–Kier alpha value is -1.40. The lowest BCUT2D eigenvalue weighted by atomic mass is 10.2. The number of hydrogen-bond acceptors (Lipinski definition) is 6. The molecule has 6 nitrogen and oxygen atoms in total. The largest absolute Gasteiger partial charge is 0.394 e. The molecule has 0 saturated heterocycles. The van der Waals surface area contributed by atoms with Crippen molar-refractivity contribution in [2.45, 2.75) is 33.2 Å². The van der Waals surface area contributed by atoms with Gasteiger partial charge in [0.15, 0.2) is 0 Å². The predicted molar refractivity (Wildman–Crippen MR) is 76.7 cm³/mol. The highest BCUT2D eigenvalue weighted by Gasteiger charge is 2.13. The summed E-state index contributed by atoms with van der Waals surface area (Å²) < 4.78 is 5.06. The predicted octanol–water partition coefficient (Wildman–Crippen LogP) is 1.20. The fraction of sp³-hybridized carbons (Fsp3) is 0.692. The highest BCUT2D eigenvalue weighted by Crippen LogP contribution is 2.20. The summed E-state index contributed by atoms with van der Waals surface area (Å²) in [7, 11) is 1.61. The van der Waals surface area contributed by atoms with Crippen LogP contribution in [0.4, 0.5) is 11.6 Å². The fourth-order valence-corrected chi connectivity index (χ4v) is 1.74. The van der Waals surface area contributed by atoms with Crippen molar-refractivity contribution >= 4 is 11.6 Å². The fourth-order valence-electron chi connectivity index (χ4n) is 1.74. The molecule has 0 spiro atoms. The molecule has 1 heterocycles. The summed E-state index contributed by atoms with van der Waals surface area (Å²) in [6.45, 7) is 7.24. The molecule has 0 aliphatic carbocycles. The third kappa shape index (κ3) is 4.33. The Morgan fingerprint density at radius 1 is 1.26 bits per heavy atom. The Balaban J connectivity index is 3.00. The minimum Gasteiger partial charge on any atom is -0.394 e. The molecule has 1 atom stereocenters. The standard InChI is InChI=1S/C13H24N4O2/c1-5-11-16-12(14-6-2)9(3)13(17-11)15-10(7-18)8-19-4/h10,18H,5-8H2,1-4H3,(H2,14,15,16,17). The molecule has 0 amide bonds. The van der Waals surface area contributed by atoms with E-state index in [1.165, 1.54) is 0 Å². The van der Waals surface area contributed by atoms with Gasteiger partial charge in [0.2, 0.25) is 0 Å². The van der Waals surface area contributed by atoms with Gasteiger partial charge in [0.05, 0.1) is 19.3 Å². The van der Waals surface area contributed by atoms with E-state index < -0.39 is 0 Å². The first-order valence-electron chi connectivity index (χ1n) is 6.63. The number of methoxy groups -OCH3 is 1. The smallest absolute Gasteiger partial charge is 0.135 e. The van der Waals surface area contributed by atoms with Gasteiger partial charge in [-0.1, -0.05) is 6.92 Å². The number of aliphatic hydroxyl groups excluding tert-OH is 1. The second-order valence-corrected chi connectivity index (χ2v) is 4.33. The molecule has 0 radical (unpaired) electrons. The zero-order valence-corrected chi connectivity index (χ0v) is 12.2. The first-order valence-corrected chi connectivity index (χ1v) is 6.63. The molecule has 0 saturated carbocycles. The maximum absolute atomic E-state index is 9.31. The van der Waals surface area contributed by atoms with Crippen molar-refractivity contribution in [1.82, 2.24) is 9.97 Å². The van der Waals surface area contributed by atoms with E-state index >= 15 is 0 Å². The number of nitrogens with zero attached hydrogens (tertiary/aromatic N) is 2. The molecule has 108 valence electrons. The number of anilines is 2. The van der Waals surface area contributed by atoms with Crippen LogP contribution >= 0.6 is 0 Å². The summed E-state index contributed by atoms with van der Waals surface area (Å²) >= 11 is 0. The Labute approximate surface area is 114 Å². The van der Waals surface area contributed by atoms with E-state index in [1.54, 1.807) is 7.11 Å². The number of rotatable bonds is 8. The number of aryl methyl sites for hydroxylation is 1. The van der Waals surface area contributed by atoms with Gasteiger partial charge in [0.1, 0.15) is 17.5 Å².